The monoisotopic (exact) mass is 383 g/mol. The number of rotatable bonds is 3. The third-order valence-electron chi connectivity index (χ3n) is 4.02. The van der Waals surface area contributed by atoms with Gasteiger partial charge in [-0.25, -0.2) is 8.42 Å². The van der Waals surface area contributed by atoms with Crippen LogP contribution in [-0.2, 0) is 10.0 Å². The Labute approximate surface area is 151 Å². The zero-order valence-corrected chi connectivity index (χ0v) is 15.3. The maximum absolute atomic E-state index is 12.8. The van der Waals surface area contributed by atoms with E-state index in [9.17, 15) is 13.2 Å². The average Bonchev–Trinajstić information content (AvgIpc) is 2.86. The van der Waals surface area contributed by atoms with Gasteiger partial charge < -0.3 is 9.42 Å². The summed E-state index contributed by atoms with van der Waals surface area (Å²) in [6.07, 6.45) is 0.544. The highest BCUT2D eigenvalue weighted by Crippen LogP contribution is 2.21. The Morgan fingerprint density at radius 1 is 1.20 bits per heavy atom. The fourth-order valence-electron chi connectivity index (χ4n) is 2.74. The van der Waals surface area contributed by atoms with Crippen LogP contribution in [0.25, 0.3) is 0 Å². The topological polar surface area (TPSA) is 83.7 Å². The molecule has 1 aliphatic heterocycles. The van der Waals surface area contributed by atoms with E-state index in [1.807, 2.05) is 0 Å². The summed E-state index contributed by atoms with van der Waals surface area (Å²) in [6, 6.07) is 7.77. The molecule has 0 radical (unpaired) electrons. The molecule has 25 heavy (non-hydrogen) atoms. The number of aromatic nitrogens is 1. The largest absolute Gasteiger partial charge is 0.361 e. The van der Waals surface area contributed by atoms with E-state index in [0.29, 0.717) is 36.8 Å². The maximum Gasteiger partial charge on any atom is 0.276 e. The summed E-state index contributed by atoms with van der Waals surface area (Å²) in [4.78, 5) is 14.2. The van der Waals surface area contributed by atoms with E-state index < -0.39 is 10.0 Å². The number of benzene rings is 1. The Balaban J connectivity index is 1.74. The number of carbonyl (C=O) groups excluding carboxylic acids is 1. The molecule has 1 fully saturated rings. The van der Waals surface area contributed by atoms with E-state index in [0.717, 1.165) is 0 Å². The second-order valence-electron chi connectivity index (χ2n) is 5.83. The van der Waals surface area contributed by atoms with Gasteiger partial charge in [-0.05, 0) is 31.5 Å². The lowest BCUT2D eigenvalue weighted by Crippen LogP contribution is -2.37. The fraction of sp³-hybridized carbons (Fsp3) is 0.375. The van der Waals surface area contributed by atoms with E-state index >= 15 is 0 Å². The van der Waals surface area contributed by atoms with Gasteiger partial charge in [0.2, 0.25) is 10.0 Å². The lowest BCUT2D eigenvalue weighted by Gasteiger charge is -2.21. The average molecular weight is 384 g/mol. The SMILES string of the molecule is Cc1cc(C(=O)N2CCCN(S(=O)(=O)c3cccc(Cl)c3)CC2)no1. The van der Waals surface area contributed by atoms with Gasteiger partial charge in [-0.15, -0.1) is 0 Å². The van der Waals surface area contributed by atoms with Gasteiger partial charge in [-0.3, -0.25) is 4.79 Å². The molecule has 7 nitrogen and oxygen atoms in total. The van der Waals surface area contributed by atoms with E-state index in [-0.39, 0.29) is 23.0 Å². The Hall–Kier alpha value is -1.90. The predicted molar refractivity (Wildman–Crippen MR) is 92.0 cm³/mol. The minimum Gasteiger partial charge on any atom is -0.361 e. The summed E-state index contributed by atoms with van der Waals surface area (Å²) in [5.74, 6) is 0.308. The van der Waals surface area contributed by atoms with Gasteiger partial charge in [0, 0.05) is 37.3 Å². The van der Waals surface area contributed by atoms with Crippen LogP contribution in [0.5, 0.6) is 0 Å². The van der Waals surface area contributed by atoms with Crippen molar-refractivity contribution in [1.82, 2.24) is 14.4 Å². The molecule has 3 rings (SSSR count). The lowest BCUT2D eigenvalue weighted by atomic mass is 10.3. The quantitative estimate of drug-likeness (QED) is 0.811. The first-order chi connectivity index (χ1) is 11.9. The molecule has 134 valence electrons. The third-order valence-corrected chi connectivity index (χ3v) is 6.15. The molecule has 0 atom stereocenters. The molecule has 0 N–H and O–H groups in total. The molecule has 1 aliphatic rings. The van der Waals surface area contributed by atoms with Crippen molar-refractivity contribution in [3.63, 3.8) is 0 Å². The van der Waals surface area contributed by atoms with Crippen molar-refractivity contribution in [3.05, 3.63) is 46.8 Å². The van der Waals surface area contributed by atoms with Gasteiger partial charge in [0.05, 0.1) is 4.90 Å². The van der Waals surface area contributed by atoms with Gasteiger partial charge in [0.1, 0.15) is 5.76 Å². The van der Waals surface area contributed by atoms with Crippen molar-refractivity contribution in [2.75, 3.05) is 26.2 Å². The first kappa shape index (κ1) is 17.9. The van der Waals surface area contributed by atoms with Crippen LogP contribution in [0.1, 0.15) is 22.7 Å². The van der Waals surface area contributed by atoms with Crippen LogP contribution >= 0.6 is 11.6 Å². The number of hydrogen-bond acceptors (Lipinski definition) is 5. The number of halogens is 1. The fourth-order valence-corrected chi connectivity index (χ4v) is 4.51. The van der Waals surface area contributed by atoms with E-state index in [4.69, 9.17) is 16.1 Å². The van der Waals surface area contributed by atoms with Crippen LogP contribution in [0.4, 0.5) is 0 Å². The number of nitrogens with zero attached hydrogens (tertiary/aromatic N) is 3. The Morgan fingerprint density at radius 3 is 2.68 bits per heavy atom. The molecule has 9 heteroatoms. The summed E-state index contributed by atoms with van der Waals surface area (Å²) >= 11 is 5.90. The molecule has 2 heterocycles. The Morgan fingerprint density at radius 2 is 2.00 bits per heavy atom. The number of amides is 1. The van der Waals surface area contributed by atoms with Crippen molar-refractivity contribution in [3.8, 4) is 0 Å². The van der Waals surface area contributed by atoms with Crippen molar-refractivity contribution >= 4 is 27.5 Å². The Bertz CT molecular complexity index is 881. The van der Waals surface area contributed by atoms with Crippen LogP contribution in [0.3, 0.4) is 0 Å². The summed E-state index contributed by atoms with van der Waals surface area (Å²) < 4.78 is 31.9. The van der Waals surface area contributed by atoms with Crippen molar-refractivity contribution in [2.24, 2.45) is 0 Å². The highest BCUT2D eigenvalue weighted by atomic mass is 35.5. The highest BCUT2D eigenvalue weighted by Gasteiger charge is 2.29. The first-order valence-electron chi connectivity index (χ1n) is 7.86. The van der Waals surface area contributed by atoms with Crippen LogP contribution < -0.4 is 0 Å². The second kappa shape index (κ2) is 7.15. The van der Waals surface area contributed by atoms with Crippen LogP contribution in [-0.4, -0.2) is 54.9 Å². The van der Waals surface area contributed by atoms with Crippen molar-refractivity contribution in [2.45, 2.75) is 18.2 Å². The van der Waals surface area contributed by atoms with E-state index in [2.05, 4.69) is 5.16 Å². The normalized spacial score (nSPS) is 16.6. The number of aryl methyl sites for hydroxylation is 1. The zero-order valence-electron chi connectivity index (χ0n) is 13.7. The smallest absolute Gasteiger partial charge is 0.276 e. The maximum atomic E-state index is 12.8. The van der Waals surface area contributed by atoms with Gasteiger partial charge in [0.15, 0.2) is 5.69 Å². The van der Waals surface area contributed by atoms with Crippen LogP contribution in [0.15, 0.2) is 39.8 Å². The minimum absolute atomic E-state index is 0.159. The molecule has 0 bridgehead atoms. The molecule has 1 amide bonds. The molecule has 1 aromatic heterocycles. The van der Waals surface area contributed by atoms with Gasteiger partial charge in [0.25, 0.3) is 5.91 Å². The third kappa shape index (κ3) is 3.86. The molecule has 0 saturated carbocycles. The number of carbonyl (C=O) groups is 1. The Kier molecular flexibility index (Phi) is 5.12. The van der Waals surface area contributed by atoms with Crippen LogP contribution in [0.2, 0.25) is 5.02 Å². The van der Waals surface area contributed by atoms with Crippen molar-refractivity contribution in [1.29, 1.82) is 0 Å². The molecule has 2 aromatic rings. The van der Waals surface area contributed by atoms with Gasteiger partial charge in [-0.1, -0.05) is 22.8 Å². The minimum atomic E-state index is -3.64. The van der Waals surface area contributed by atoms with E-state index in [1.165, 1.54) is 16.4 Å². The summed E-state index contributed by atoms with van der Waals surface area (Å²) in [5, 5.41) is 4.10. The summed E-state index contributed by atoms with van der Waals surface area (Å²) in [5.41, 5.74) is 0.239. The molecule has 1 aromatic carbocycles. The second-order valence-corrected chi connectivity index (χ2v) is 8.20. The zero-order chi connectivity index (χ0) is 18.0. The summed E-state index contributed by atoms with van der Waals surface area (Å²) in [7, 11) is -3.64. The standard InChI is InChI=1S/C16H18ClN3O4S/c1-12-10-15(18-24-12)16(21)19-6-3-7-20(9-8-19)25(22,23)14-5-2-4-13(17)11-14/h2,4-5,10-11H,3,6-9H2,1H3. The summed E-state index contributed by atoms with van der Waals surface area (Å²) in [6.45, 7) is 3.04. The van der Waals surface area contributed by atoms with Gasteiger partial charge in [-0.2, -0.15) is 4.31 Å². The highest BCUT2D eigenvalue weighted by molar-refractivity contribution is 7.89. The molecule has 0 aliphatic carbocycles. The number of hydrogen-bond donors (Lipinski definition) is 0. The van der Waals surface area contributed by atoms with Crippen molar-refractivity contribution < 1.29 is 17.7 Å². The predicted octanol–water partition coefficient (Wildman–Crippen LogP) is 2.17. The molecular formula is C16H18ClN3O4S. The molecule has 0 spiro atoms. The van der Waals surface area contributed by atoms with E-state index in [1.54, 1.807) is 30.0 Å². The lowest BCUT2D eigenvalue weighted by molar-refractivity contribution is 0.0754. The molecule has 0 unspecified atom stereocenters. The molecular weight excluding hydrogens is 366 g/mol. The molecule has 1 saturated heterocycles. The van der Waals surface area contributed by atoms with Crippen LogP contribution in [0, 0.1) is 6.92 Å². The first-order valence-corrected chi connectivity index (χ1v) is 9.68. The number of sulfonamides is 1. The van der Waals surface area contributed by atoms with Gasteiger partial charge >= 0.3 is 0 Å².